The third-order valence-corrected chi connectivity index (χ3v) is 2.89. The van der Waals surface area contributed by atoms with Crippen LogP contribution in [-0.4, -0.2) is 57.1 Å². The lowest BCUT2D eigenvalue weighted by Crippen LogP contribution is -2.37. The van der Waals surface area contributed by atoms with E-state index in [4.69, 9.17) is 0 Å². The minimum absolute atomic E-state index is 0.115. The number of hydrogen-bond acceptors (Lipinski definition) is 3. The van der Waals surface area contributed by atoms with Crippen LogP contribution in [0.4, 0.5) is 13.2 Å². The van der Waals surface area contributed by atoms with E-state index < -0.39 is 18.6 Å². The van der Waals surface area contributed by atoms with Gasteiger partial charge in [-0.3, -0.25) is 9.59 Å². The van der Waals surface area contributed by atoms with Gasteiger partial charge in [0.05, 0.1) is 13.0 Å². The van der Waals surface area contributed by atoms with Crippen LogP contribution in [0, 0.1) is 0 Å². The van der Waals surface area contributed by atoms with E-state index in [1.165, 1.54) is 0 Å². The first-order chi connectivity index (χ1) is 9.35. The van der Waals surface area contributed by atoms with Gasteiger partial charge in [0.25, 0.3) is 0 Å². The zero-order valence-electron chi connectivity index (χ0n) is 10.5. The van der Waals surface area contributed by atoms with Gasteiger partial charge in [-0.15, -0.1) is 0 Å². The highest BCUT2D eigenvalue weighted by molar-refractivity contribution is 5.87. The van der Waals surface area contributed by atoms with Crippen LogP contribution in [0.3, 0.4) is 0 Å². The topological polar surface area (TPSA) is 58.4 Å². The minimum atomic E-state index is -4.45. The second-order valence-corrected chi connectivity index (χ2v) is 4.49. The number of carbonyl (C=O) groups excluding carboxylic acids is 2. The Labute approximate surface area is 112 Å². The number of carbonyl (C=O) groups is 2. The van der Waals surface area contributed by atoms with Crippen molar-refractivity contribution in [2.75, 3.05) is 19.8 Å². The van der Waals surface area contributed by atoms with Crippen molar-refractivity contribution in [2.24, 2.45) is 0 Å². The van der Waals surface area contributed by atoms with Gasteiger partial charge in [0, 0.05) is 25.4 Å². The van der Waals surface area contributed by atoms with Gasteiger partial charge in [-0.2, -0.15) is 13.2 Å². The van der Waals surface area contributed by atoms with E-state index in [2.05, 4.69) is 4.98 Å². The van der Waals surface area contributed by atoms with Gasteiger partial charge in [-0.05, 0) is 0 Å². The lowest BCUT2D eigenvalue weighted by molar-refractivity contribution is -0.157. The molecule has 0 radical (unpaired) electrons. The molecular formula is C11H13F3N4O2. The summed E-state index contributed by atoms with van der Waals surface area (Å²) in [5.41, 5.74) is 0. The number of halogens is 3. The van der Waals surface area contributed by atoms with Crippen LogP contribution in [0.5, 0.6) is 0 Å². The smallest absolute Gasteiger partial charge is 0.337 e. The predicted molar refractivity (Wildman–Crippen MR) is 61.2 cm³/mol. The molecule has 2 rings (SSSR count). The summed E-state index contributed by atoms with van der Waals surface area (Å²) in [6.07, 6.45) is 0.445. The van der Waals surface area contributed by atoms with Crippen LogP contribution in [0.25, 0.3) is 0 Å². The first-order valence-corrected chi connectivity index (χ1v) is 5.93. The van der Waals surface area contributed by atoms with Crippen LogP contribution < -0.4 is 0 Å². The average Bonchev–Trinajstić information content (AvgIpc) is 2.95. The molecule has 0 saturated carbocycles. The standard InChI is InChI=1S/C11H13F3N4O2/c12-11(13,14)6-18-8-17(5-10(18)20)9(19)1-3-16-4-2-15-7-16/h2,4,7H,1,3,5-6,8H2. The summed E-state index contributed by atoms with van der Waals surface area (Å²) < 4.78 is 38.4. The fourth-order valence-corrected chi connectivity index (χ4v) is 1.92. The molecule has 2 heterocycles. The molecule has 110 valence electrons. The number of amides is 2. The second kappa shape index (κ2) is 5.51. The maximum Gasteiger partial charge on any atom is 0.406 e. The highest BCUT2D eigenvalue weighted by Crippen LogP contribution is 2.19. The number of imidazole rings is 1. The highest BCUT2D eigenvalue weighted by Gasteiger charge is 2.38. The van der Waals surface area contributed by atoms with Gasteiger partial charge in [-0.25, -0.2) is 4.98 Å². The second-order valence-electron chi connectivity index (χ2n) is 4.49. The first kappa shape index (κ1) is 14.4. The number of nitrogens with zero attached hydrogens (tertiary/aromatic N) is 4. The van der Waals surface area contributed by atoms with Crippen LogP contribution in [-0.2, 0) is 16.1 Å². The summed E-state index contributed by atoms with van der Waals surface area (Å²) in [4.78, 5) is 28.8. The van der Waals surface area contributed by atoms with Gasteiger partial charge in [0.15, 0.2) is 0 Å². The molecule has 0 atom stereocenters. The van der Waals surface area contributed by atoms with Crippen LogP contribution in [0.1, 0.15) is 6.42 Å². The largest absolute Gasteiger partial charge is 0.406 e. The molecule has 0 unspecified atom stereocenters. The summed E-state index contributed by atoms with van der Waals surface area (Å²) >= 11 is 0. The molecule has 2 amide bonds. The van der Waals surface area contributed by atoms with Crippen molar-refractivity contribution in [1.29, 1.82) is 0 Å². The molecule has 1 saturated heterocycles. The Kier molecular flexibility index (Phi) is 3.96. The number of aromatic nitrogens is 2. The highest BCUT2D eigenvalue weighted by atomic mass is 19.4. The molecule has 20 heavy (non-hydrogen) atoms. The van der Waals surface area contributed by atoms with E-state index in [1.807, 2.05) is 0 Å². The fraction of sp³-hybridized carbons (Fsp3) is 0.545. The number of alkyl halides is 3. The molecule has 1 aromatic rings. The summed E-state index contributed by atoms with van der Waals surface area (Å²) in [5.74, 6) is -1.03. The quantitative estimate of drug-likeness (QED) is 0.809. The number of rotatable bonds is 4. The molecule has 0 spiro atoms. The molecule has 1 aliphatic heterocycles. The Hall–Kier alpha value is -2.06. The van der Waals surface area contributed by atoms with E-state index in [-0.39, 0.29) is 25.5 Å². The molecular weight excluding hydrogens is 277 g/mol. The molecule has 9 heteroatoms. The Balaban J connectivity index is 1.84. The van der Waals surface area contributed by atoms with Crippen LogP contribution in [0.15, 0.2) is 18.7 Å². The van der Waals surface area contributed by atoms with Crippen molar-refractivity contribution in [2.45, 2.75) is 19.1 Å². The maximum atomic E-state index is 12.2. The summed E-state index contributed by atoms with van der Waals surface area (Å²) in [6, 6.07) is 0. The van der Waals surface area contributed by atoms with Gasteiger partial charge in [-0.1, -0.05) is 0 Å². The summed E-state index contributed by atoms with van der Waals surface area (Å²) in [7, 11) is 0. The third kappa shape index (κ3) is 3.72. The van der Waals surface area contributed by atoms with Crippen molar-refractivity contribution >= 4 is 11.8 Å². The maximum absolute atomic E-state index is 12.2. The lowest BCUT2D eigenvalue weighted by atomic mass is 10.3. The molecule has 0 bridgehead atoms. The average molecular weight is 290 g/mol. The molecule has 0 aromatic carbocycles. The number of aryl methyl sites for hydroxylation is 1. The first-order valence-electron chi connectivity index (χ1n) is 5.93. The monoisotopic (exact) mass is 290 g/mol. The lowest BCUT2D eigenvalue weighted by Gasteiger charge is -2.19. The van der Waals surface area contributed by atoms with Crippen molar-refractivity contribution < 1.29 is 22.8 Å². The zero-order valence-corrected chi connectivity index (χ0v) is 10.5. The molecule has 0 aliphatic carbocycles. The van der Waals surface area contributed by atoms with E-state index in [9.17, 15) is 22.8 Å². The Morgan fingerprint density at radius 2 is 2.15 bits per heavy atom. The molecule has 1 aliphatic rings. The van der Waals surface area contributed by atoms with Crippen molar-refractivity contribution in [3.63, 3.8) is 0 Å². The van der Waals surface area contributed by atoms with E-state index in [0.29, 0.717) is 11.4 Å². The minimum Gasteiger partial charge on any atom is -0.337 e. The van der Waals surface area contributed by atoms with E-state index in [1.54, 1.807) is 23.3 Å². The van der Waals surface area contributed by atoms with E-state index in [0.717, 1.165) is 4.90 Å². The van der Waals surface area contributed by atoms with Crippen molar-refractivity contribution in [3.05, 3.63) is 18.7 Å². The van der Waals surface area contributed by atoms with Crippen LogP contribution in [0.2, 0.25) is 0 Å². The van der Waals surface area contributed by atoms with Gasteiger partial charge in [0.1, 0.15) is 13.1 Å². The number of hydrogen-bond donors (Lipinski definition) is 0. The van der Waals surface area contributed by atoms with Gasteiger partial charge >= 0.3 is 6.18 Å². The zero-order chi connectivity index (χ0) is 14.8. The molecule has 1 fully saturated rings. The Bertz CT molecular complexity index is 486. The Morgan fingerprint density at radius 3 is 2.75 bits per heavy atom. The summed E-state index contributed by atoms with van der Waals surface area (Å²) in [5, 5.41) is 0. The SMILES string of the molecule is O=C(CCn1ccnc1)N1CC(=O)N(CC(F)(F)F)C1. The van der Waals surface area contributed by atoms with Crippen molar-refractivity contribution in [1.82, 2.24) is 19.4 Å². The Morgan fingerprint density at radius 1 is 1.40 bits per heavy atom. The van der Waals surface area contributed by atoms with Crippen molar-refractivity contribution in [3.8, 4) is 0 Å². The van der Waals surface area contributed by atoms with Crippen LogP contribution >= 0.6 is 0 Å². The molecule has 0 N–H and O–H groups in total. The van der Waals surface area contributed by atoms with Gasteiger partial charge < -0.3 is 14.4 Å². The summed E-state index contributed by atoms with van der Waals surface area (Å²) in [6.45, 7) is -1.54. The normalized spacial score (nSPS) is 16.1. The van der Waals surface area contributed by atoms with Gasteiger partial charge in [0.2, 0.25) is 11.8 Å². The predicted octanol–water partition coefficient (Wildman–Crippen LogP) is 0.464. The molecule has 1 aromatic heterocycles. The molecule has 6 nitrogen and oxygen atoms in total. The van der Waals surface area contributed by atoms with E-state index >= 15 is 0 Å². The third-order valence-electron chi connectivity index (χ3n) is 2.89. The fourth-order valence-electron chi connectivity index (χ4n) is 1.92.